The largest absolute Gasteiger partial charge is 0.477 e. The van der Waals surface area contributed by atoms with Gasteiger partial charge >= 0.3 is 5.97 Å². The Bertz CT molecular complexity index is 503. The maximum atomic E-state index is 11.2. The molecule has 1 unspecified atom stereocenters. The van der Waals surface area contributed by atoms with Gasteiger partial charge in [0.25, 0.3) is 0 Å². The lowest BCUT2D eigenvalue weighted by molar-refractivity contribution is -0.0682. The highest BCUT2D eigenvalue weighted by molar-refractivity contribution is 5.85. The van der Waals surface area contributed by atoms with Crippen LogP contribution in [0.2, 0.25) is 0 Å². The molecule has 1 saturated heterocycles. The monoisotopic (exact) mass is 278 g/mol. The molecule has 0 bridgehead atoms. The van der Waals surface area contributed by atoms with Gasteiger partial charge in [0.15, 0.2) is 0 Å². The molecule has 1 saturated carbocycles. The number of aryl methyl sites for hydroxylation is 1. The van der Waals surface area contributed by atoms with Crippen molar-refractivity contribution in [2.24, 2.45) is 0 Å². The average Bonchev–Trinajstić information content (AvgIpc) is 2.97. The summed E-state index contributed by atoms with van der Waals surface area (Å²) in [4.78, 5) is 15.3. The number of hydrogen-bond donors (Lipinski definition) is 1. The van der Waals surface area contributed by atoms with E-state index in [1.165, 1.54) is 25.5 Å². The summed E-state index contributed by atoms with van der Waals surface area (Å²) in [6, 6.07) is 0. The highest BCUT2D eigenvalue weighted by Crippen LogP contribution is 2.42. The normalized spacial score (nSPS) is 25.1. The average molecular weight is 278 g/mol. The number of carboxylic acid groups (broad SMARTS) is 1. The van der Waals surface area contributed by atoms with Gasteiger partial charge < -0.3 is 14.4 Å². The van der Waals surface area contributed by atoms with Crippen LogP contribution in [0.25, 0.3) is 0 Å². The van der Waals surface area contributed by atoms with E-state index in [1.807, 2.05) is 6.92 Å². The van der Waals surface area contributed by atoms with Crippen molar-refractivity contribution < 1.29 is 14.6 Å². The Hall–Kier alpha value is -1.36. The predicted octanol–water partition coefficient (Wildman–Crippen LogP) is 2.77. The molecule has 1 aliphatic heterocycles. The molecule has 2 fully saturated rings. The Morgan fingerprint density at radius 3 is 2.90 bits per heavy atom. The van der Waals surface area contributed by atoms with Crippen molar-refractivity contribution in [3.05, 3.63) is 17.7 Å². The molecule has 110 valence electrons. The van der Waals surface area contributed by atoms with Crippen molar-refractivity contribution in [3.8, 4) is 0 Å². The maximum absolute atomic E-state index is 11.2. The quantitative estimate of drug-likeness (QED) is 0.923. The molecule has 0 aromatic carbocycles. The lowest BCUT2D eigenvalue weighted by Crippen LogP contribution is -2.32. The van der Waals surface area contributed by atoms with E-state index in [2.05, 4.69) is 4.98 Å². The fourth-order valence-corrected chi connectivity index (χ4v) is 3.66. The number of ether oxygens (including phenoxy) is 1. The van der Waals surface area contributed by atoms with Crippen molar-refractivity contribution in [1.29, 1.82) is 0 Å². The Morgan fingerprint density at radius 2 is 2.20 bits per heavy atom. The van der Waals surface area contributed by atoms with Gasteiger partial charge in [-0.15, -0.1) is 0 Å². The van der Waals surface area contributed by atoms with E-state index in [9.17, 15) is 9.90 Å². The summed E-state index contributed by atoms with van der Waals surface area (Å²) in [6.45, 7) is 2.45. The molecular weight excluding hydrogens is 256 g/mol. The molecule has 0 amide bonds. The van der Waals surface area contributed by atoms with Crippen molar-refractivity contribution in [1.82, 2.24) is 9.55 Å². The summed E-state index contributed by atoms with van der Waals surface area (Å²) in [5.74, 6) is -0.174. The molecule has 1 aliphatic carbocycles. The fraction of sp³-hybridized carbons (Fsp3) is 0.733. The summed E-state index contributed by atoms with van der Waals surface area (Å²) < 4.78 is 8.08. The second kappa shape index (κ2) is 5.20. The van der Waals surface area contributed by atoms with E-state index >= 15 is 0 Å². The fourth-order valence-electron chi connectivity index (χ4n) is 3.66. The Balaban J connectivity index is 1.70. The van der Waals surface area contributed by atoms with Gasteiger partial charge in [-0.3, -0.25) is 0 Å². The third kappa shape index (κ3) is 2.46. The van der Waals surface area contributed by atoms with E-state index in [0.29, 0.717) is 6.54 Å². The molecule has 5 heteroatoms. The van der Waals surface area contributed by atoms with Gasteiger partial charge in [0.1, 0.15) is 11.5 Å². The summed E-state index contributed by atoms with van der Waals surface area (Å²) in [5.41, 5.74) is 0.344. The van der Waals surface area contributed by atoms with Crippen molar-refractivity contribution >= 4 is 5.97 Å². The molecular formula is C15H22N2O3. The number of aromatic nitrogens is 2. The van der Waals surface area contributed by atoms with Crippen molar-refractivity contribution in [2.45, 2.75) is 70.1 Å². The molecule has 1 spiro atoms. The second-order valence-corrected chi connectivity index (χ2v) is 6.13. The van der Waals surface area contributed by atoms with Gasteiger partial charge in [0, 0.05) is 0 Å². The second-order valence-electron chi connectivity index (χ2n) is 6.13. The first kappa shape index (κ1) is 13.6. The molecule has 20 heavy (non-hydrogen) atoms. The number of nitrogens with zero attached hydrogens (tertiary/aromatic N) is 2. The zero-order valence-electron chi connectivity index (χ0n) is 12.0. The zero-order chi connectivity index (χ0) is 14.2. The van der Waals surface area contributed by atoms with Crippen LogP contribution in [-0.4, -0.2) is 32.3 Å². The lowest BCUT2D eigenvalue weighted by Gasteiger charge is -2.33. The van der Waals surface area contributed by atoms with Crippen LogP contribution >= 0.6 is 0 Å². The van der Waals surface area contributed by atoms with E-state index < -0.39 is 5.97 Å². The summed E-state index contributed by atoms with van der Waals surface area (Å²) in [6.07, 6.45) is 9.87. The van der Waals surface area contributed by atoms with E-state index in [1.54, 1.807) is 4.57 Å². The van der Waals surface area contributed by atoms with Gasteiger partial charge in [0.05, 0.1) is 24.4 Å². The van der Waals surface area contributed by atoms with Gasteiger partial charge in [0.2, 0.25) is 0 Å². The minimum absolute atomic E-state index is 0.0841. The van der Waals surface area contributed by atoms with Gasteiger partial charge in [-0.2, -0.15) is 0 Å². The van der Waals surface area contributed by atoms with Crippen molar-refractivity contribution in [2.75, 3.05) is 0 Å². The first-order valence-electron chi connectivity index (χ1n) is 7.53. The van der Waals surface area contributed by atoms with Crippen LogP contribution in [0.15, 0.2) is 6.20 Å². The SMILES string of the molecule is Cc1ncc(C(=O)O)n1CC1CCC2(CCCCC2)O1. The highest BCUT2D eigenvalue weighted by Gasteiger charge is 2.41. The molecule has 1 atom stereocenters. The minimum Gasteiger partial charge on any atom is -0.477 e. The molecule has 1 aromatic heterocycles. The maximum Gasteiger partial charge on any atom is 0.354 e. The Morgan fingerprint density at radius 1 is 1.45 bits per heavy atom. The van der Waals surface area contributed by atoms with Crippen LogP contribution in [0.1, 0.15) is 61.3 Å². The van der Waals surface area contributed by atoms with Crippen molar-refractivity contribution in [3.63, 3.8) is 0 Å². The minimum atomic E-state index is -0.920. The first-order valence-corrected chi connectivity index (χ1v) is 7.53. The Labute approximate surface area is 119 Å². The number of aromatic carboxylic acids is 1. The molecule has 1 aromatic rings. The summed E-state index contributed by atoms with van der Waals surface area (Å²) in [5, 5.41) is 9.19. The van der Waals surface area contributed by atoms with Crippen LogP contribution in [-0.2, 0) is 11.3 Å². The van der Waals surface area contributed by atoms with Gasteiger partial charge in [-0.05, 0) is 32.6 Å². The van der Waals surface area contributed by atoms with E-state index in [-0.39, 0.29) is 17.4 Å². The summed E-state index contributed by atoms with van der Waals surface area (Å²) in [7, 11) is 0. The zero-order valence-corrected chi connectivity index (χ0v) is 12.0. The molecule has 2 aliphatic rings. The number of carboxylic acids is 1. The highest BCUT2D eigenvalue weighted by atomic mass is 16.5. The topological polar surface area (TPSA) is 64.3 Å². The van der Waals surface area contributed by atoms with Crippen LogP contribution in [0.4, 0.5) is 0 Å². The number of hydrogen-bond acceptors (Lipinski definition) is 3. The molecule has 2 heterocycles. The smallest absolute Gasteiger partial charge is 0.354 e. The third-order valence-corrected chi connectivity index (χ3v) is 4.76. The van der Waals surface area contributed by atoms with E-state index in [0.717, 1.165) is 31.5 Å². The first-order chi connectivity index (χ1) is 9.60. The third-order valence-electron chi connectivity index (χ3n) is 4.76. The lowest BCUT2D eigenvalue weighted by atomic mass is 9.83. The molecule has 5 nitrogen and oxygen atoms in total. The number of imidazole rings is 1. The molecule has 1 N–H and O–H groups in total. The molecule has 0 radical (unpaired) electrons. The molecule has 3 rings (SSSR count). The summed E-state index contributed by atoms with van der Waals surface area (Å²) >= 11 is 0. The van der Waals surface area contributed by atoms with Crippen LogP contribution in [0.3, 0.4) is 0 Å². The number of carbonyl (C=O) groups is 1. The predicted molar refractivity (Wildman–Crippen MR) is 73.8 cm³/mol. The van der Waals surface area contributed by atoms with E-state index in [4.69, 9.17) is 4.74 Å². The van der Waals surface area contributed by atoms with Crippen LogP contribution < -0.4 is 0 Å². The number of rotatable bonds is 3. The van der Waals surface area contributed by atoms with Gasteiger partial charge in [-0.1, -0.05) is 19.3 Å². The van der Waals surface area contributed by atoms with Gasteiger partial charge in [-0.25, -0.2) is 9.78 Å². The van der Waals surface area contributed by atoms with Crippen LogP contribution in [0.5, 0.6) is 0 Å². The van der Waals surface area contributed by atoms with Crippen LogP contribution in [0, 0.1) is 6.92 Å². The standard InChI is InChI=1S/C15H22N2O3/c1-11-16-9-13(14(18)19)17(11)10-12-5-8-15(20-12)6-3-2-4-7-15/h9,12H,2-8,10H2,1H3,(H,18,19). The Kier molecular flexibility index (Phi) is 3.54.